The van der Waals surface area contributed by atoms with Crippen molar-refractivity contribution in [3.63, 3.8) is 0 Å². The van der Waals surface area contributed by atoms with Crippen molar-refractivity contribution in [1.82, 2.24) is 0 Å². The quantitative estimate of drug-likeness (QED) is 0.593. The summed E-state index contributed by atoms with van der Waals surface area (Å²) in [5.74, 6) is 0.911. The van der Waals surface area contributed by atoms with E-state index in [1.54, 1.807) is 7.11 Å². The van der Waals surface area contributed by atoms with Gasteiger partial charge < -0.3 is 9.94 Å². The molecule has 0 saturated carbocycles. The van der Waals surface area contributed by atoms with E-state index in [1.165, 1.54) is 10.8 Å². The van der Waals surface area contributed by atoms with Crippen LogP contribution in [0.1, 0.15) is 0 Å². The van der Waals surface area contributed by atoms with Gasteiger partial charge in [0.25, 0.3) is 5.09 Å². The maximum Gasteiger partial charge on any atom is 0.291 e. The minimum Gasteiger partial charge on any atom is -0.497 e. The summed E-state index contributed by atoms with van der Waals surface area (Å²) in [4.78, 5) is 8.36. The molecule has 2 aromatic carbocycles. The summed E-state index contributed by atoms with van der Waals surface area (Å²) in [6, 6.07) is 14.3. The second-order valence-electron chi connectivity index (χ2n) is 2.95. The molecule has 0 radical (unpaired) electrons. The first-order valence-corrected chi connectivity index (χ1v) is 4.49. The predicted molar refractivity (Wildman–Crippen MR) is 59.3 cm³/mol. The summed E-state index contributed by atoms with van der Waals surface area (Å²) in [5, 5.41) is 16.1. The molecule has 84 valence electrons. The molecule has 16 heavy (non-hydrogen) atoms. The molecule has 2 rings (SSSR count). The van der Waals surface area contributed by atoms with Crippen LogP contribution in [0.5, 0.6) is 5.75 Å². The fourth-order valence-corrected chi connectivity index (χ4v) is 1.29. The molecule has 0 aliphatic carbocycles. The molecule has 1 N–H and O–H groups in total. The van der Waals surface area contributed by atoms with Crippen LogP contribution < -0.4 is 4.74 Å². The fraction of sp³-hybridized carbons (Fsp3) is 0.0909. The Morgan fingerprint density at radius 2 is 1.75 bits per heavy atom. The van der Waals surface area contributed by atoms with Crippen molar-refractivity contribution in [2.24, 2.45) is 0 Å². The van der Waals surface area contributed by atoms with Crippen molar-refractivity contribution in [2.45, 2.75) is 0 Å². The van der Waals surface area contributed by atoms with Gasteiger partial charge in [0.05, 0.1) is 7.11 Å². The van der Waals surface area contributed by atoms with Gasteiger partial charge in [0, 0.05) is 0 Å². The monoisotopic (exact) mass is 221 g/mol. The van der Waals surface area contributed by atoms with Crippen LogP contribution >= 0.6 is 0 Å². The third-order valence-corrected chi connectivity index (χ3v) is 1.96. The van der Waals surface area contributed by atoms with Crippen LogP contribution in [0.2, 0.25) is 0 Å². The average Bonchev–Trinajstić information content (AvgIpc) is 2.27. The number of rotatable bonds is 1. The molecule has 0 spiro atoms. The highest BCUT2D eigenvalue weighted by atomic mass is 16.9. The Hall–Kier alpha value is -2.30. The first kappa shape index (κ1) is 11.8. The Labute approximate surface area is 92.0 Å². The minimum absolute atomic E-state index is 0.911. The van der Waals surface area contributed by atoms with Gasteiger partial charge in [0.1, 0.15) is 5.75 Å². The van der Waals surface area contributed by atoms with Crippen LogP contribution in [0.4, 0.5) is 0 Å². The van der Waals surface area contributed by atoms with E-state index in [1.807, 2.05) is 24.3 Å². The highest BCUT2D eigenvalue weighted by Crippen LogP contribution is 2.19. The number of benzene rings is 2. The number of hydrogen-bond donors (Lipinski definition) is 1. The van der Waals surface area contributed by atoms with E-state index >= 15 is 0 Å². The lowest BCUT2D eigenvalue weighted by atomic mass is 10.1. The van der Waals surface area contributed by atoms with Gasteiger partial charge in [-0.1, -0.05) is 30.3 Å². The summed E-state index contributed by atoms with van der Waals surface area (Å²) in [5.41, 5.74) is 0. The Bertz CT molecular complexity index is 480. The van der Waals surface area contributed by atoms with E-state index < -0.39 is 5.09 Å². The number of methoxy groups -OCH3 is 1. The van der Waals surface area contributed by atoms with Gasteiger partial charge in [-0.15, -0.1) is 10.1 Å². The first-order valence-electron chi connectivity index (χ1n) is 4.49. The van der Waals surface area contributed by atoms with E-state index in [9.17, 15) is 0 Å². The molecule has 0 aliphatic rings. The third-order valence-electron chi connectivity index (χ3n) is 1.96. The largest absolute Gasteiger partial charge is 0.497 e. The van der Waals surface area contributed by atoms with Gasteiger partial charge in [-0.2, -0.15) is 0 Å². The van der Waals surface area contributed by atoms with Gasteiger partial charge in [0.15, 0.2) is 0 Å². The van der Waals surface area contributed by atoms with Gasteiger partial charge in [-0.05, 0) is 22.9 Å². The van der Waals surface area contributed by atoms with E-state index in [2.05, 4.69) is 18.2 Å². The molecule has 0 fully saturated rings. The normalized spacial score (nSPS) is 9.06. The van der Waals surface area contributed by atoms with Crippen molar-refractivity contribution in [3.8, 4) is 5.75 Å². The molecule has 0 unspecified atom stereocenters. The highest BCUT2D eigenvalue weighted by Gasteiger charge is 1.93. The van der Waals surface area contributed by atoms with Crippen LogP contribution in [-0.2, 0) is 0 Å². The molecule has 0 amide bonds. The van der Waals surface area contributed by atoms with Gasteiger partial charge in [0.2, 0.25) is 0 Å². The lowest BCUT2D eigenvalue weighted by molar-refractivity contribution is -0.742. The standard InChI is InChI=1S/C11H10O.HNO3/c1-12-11-7-6-9-4-2-3-5-10(9)8-11;2-1(3)4/h2-8H,1H3;(H,2,3,4). The lowest BCUT2D eigenvalue weighted by Gasteiger charge is -2.00. The lowest BCUT2D eigenvalue weighted by Crippen LogP contribution is -1.81. The topological polar surface area (TPSA) is 72.6 Å². The summed E-state index contributed by atoms with van der Waals surface area (Å²) >= 11 is 0. The molecular weight excluding hydrogens is 210 g/mol. The summed E-state index contributed by atoms with van der Waals surface area (Å²) in [6.45, 7) is 0. The SMILES string of the molecule is COc1ccc2ccccc2c1.O=[N+]([O-])O. The van der Waals surface area contributed by atoms with Gasteiger partial charge in [-0.3, -0.25) is 0 Å². The molecule has 0 saturated heterocycles. The maximum atomic E-state index is 8.36. The Morgan fingerprint density at radius 3 is 2.31 bits per heavy atom. The molecule has 2 aromatic rings. The molecule has 0 atom stereocenters. The van der Waals surface area contributed by atoms with E-state index in [0.717, 1.165) is 5.75 Å². The average molecular weight is 221 g/mol. The minimum atomic E-state index is -1.50. The first-order chi connectivity index (χ1) is 7.63. The highest BCUT2D eigenvalue weighted by molar-refractivity contribution is 5.83. The molecule has 5 heteroatoms. The summed E-state index contributed by atoms with van der Waals surface area (Å²) in [6.07, 6.45) is 0. The van der Waals surface area contributed by atoms with E-state index in [-0.39, 0.29) is 0 Å². The van der Waals surface area contributed by atoms with Crippen LogP contribution in [0.3, 0.4) is 0 Å². The van der Waals surface area contributed by atoms with Crippen LogP contribution in [0.25, 0.3) is 10.8 Å². The molecular formula is C11H11NO4. The van der Waals surface area contributed by atoms with Crippen molar-refractivity contribution in [3.05, 3.63) is 52.6 Å². The maximum absolute atomic E-state index is 8.36. The number of hydrogen-bond acceptors (Lipinski definition) is 3. The van der Waals surface area contributed by atoms with Crippen molar-refractivity contribution in [2.75, 3.05) is 7.11 Å². The molecule has 5 nitrogen and oxygen atoms in total. The van der Waals surface area contributed by atoms with Gasteiger partial charge >= 0.3 is 0 Å². The molecule has 0 bridgehead atoms. The fourth-order valence-electron chi connectivity index (χ4n) is 1.29. The zero-order chi connectivity index (χ0) is 12.0. The summed E-state index contributed by atoms with van der Waals surface area (Å²) in [7, 11) is 1.68. The molecule has 0 aromatic heterocycles. The smallest absolute Gasteiger partial charge is 0.291 e. The molecule has 0 aliphatic heterocycles. The Kier molecular flexibility index (Phi) is 4.08. The number of fused-ring (bicyclic) bond motifs is 1. The second kappa shape index (κ2) is 5.55. The molecule has 0 heterocycles. The third kappa shape index (κ3) is 3.45. The summed E-state index contributed by atoms with van der Waals surface area (Å²) < 4.78 is 5.12. The number of ether oxygens (including phenoxy) is 1. The van der Waals surface area contributed by atoms with Crippen LogP contribution in [-0.4, -0.2) is 17.4 Å². The Balaban J connectivity index is 0.000000280. The predicted octanol–water partition coefficient (Wildman–Crippen LogP) is 2.50. The van der Waals surface area contributed by atoms with Crippen LogP contribution in [0.15, 0.2) is 42.5 Å². The van der Waals surface area contributed by atoms with Gasteiger partial charge in [-0.25, -0.2) is 0 Å². The van der Waals surface area contributed by atoms with Crippen molar-refractivity contribution >= 4 is 10.8 Å². The second-order valence-corrected chi connectivity index (χ2v) is 2.95. The van der Waals surface area contributed by atoms with Crippen LogP contribution in [0, 0.1) is 10.1 Å². The zero-order valence-electron chi connectivity index (χ0n) is 8.66. The van der Waals surface area contributed by atoms with Crippen molar-refractivity contribution in [1.29, 1.82) is 0 Å². The van der Waals surface area contributed by atoms with Crippen molar-refractivity contribution < 1.29 is 15.0 Å². The Morgan fingerprint density at radius 1 is 1.19 bits per heavy atom. The zero-order valence-corrected chi connectivity index (χ0v) is 8.66. The number of nitrogens with zero attached hydrogens (tertiary/aromatic N) is 1. The van der Waals surface area contributed by atoms with E-state index in [0.29, 0.717) is 0 Å². The van der Waals surface area contributed by atoms with E-state index in [4.69, 9.17) is 20.1 Å².